The molecule has 0 radical (unpaired) electrons. The van der Waals surface area contributed by atoms with Crippen LogP contribution in [0.5, 0.6) is 0 Å². The van der Waals surface area contributed by atoms with Crippen molar-refractivity contribution in [1.82, 2.24) is 10.2 Å². The molecule has 0 spiro atoms. The first-order valence-electron chi connectivity index (χ1n) is 6.39. The molecule has 1 N–H and O–H groups in total. The maximum Gasteiger partial charge on any atom is 0.239 e. The molecule has 98 valence electrons. The van der Waals surface area contributed by atoms with Crippen LogP contribution in [-0.4, -0.2) is 30.4 Å². The molecule has 1 saturated heterocycles. The minimum Gasteiger partial charge on any atom is -0.340 e. The van der Waals surface area contributed by atoms with E-state index in [0.29, 0.717) is 11.6 Å². The molecule has 2 rings (SSSR count). The van der Waals surface area contributed by atoms with Crippen LogP contribution < -0.4 is 5.32 Å². The van der Waals surface area contributed by atoms with Gasteiger partial charge in [0, 0.05) is 18.6 Å². The molecule has 4 heteroatoms. The maximum absolute atomic E-state index is 12.2. The van der Waals surface area contributed by atoms with Crippen LogP contribution in [0.1, 0.15) is 24.8 Å². The summed E-state index contributed by atoms with van der Waals surface area (Å²) in [5, 5.41) is 3.99. The highest BCUT2D eigenvalue weighted by molar-refractivity contribution is 6.30. The standard InChI is InChI=1S/C14H19ClN2O/c1-17(10-11-5-4-6-12(15)9-11)14(18)13-7-2-3-8-16-13/h4-6,9,13,16H,2-3,7-8,10H2,1H3. The van der Waals surface area contributed by atoms with E-state index in [0.717, 1.165) is 24.9 Å². The molecular weight excluding hydrogens is 248 g/mol. The number of benzene rings is 1. The third kappa shape index (κ3) is 3.47. The van der Waals surface area contributed by atoms with Crippen molar-refractivity contribution in [3.63, 3.8) is 0 Å². The summed E-state index contributed by atoms with van der Waals surface area (Å²) >= 11 is 5.94. The molecule has 1 aliphatic heterocycles. The second-order valence-electron chi connectivity index (χ2n) is 4.83. The predicted molar refractivity (Wildman–Crippen MR) is 73.6 cm³/mol. The lowest BCUT2D eigenvalue weighted by Crippen LogP contribution is -2.46. The van der Waals surface area contributed by atoms with Gasteiger partial charge in [0.25, 0.3) is 0 Å². The number of nitrogens with zero attached hydrogens (tertiary/aromatic N) is 1. The normalized spacial score (nSPS) is 19.6. The average Bonchev–Trinajstić information content (AvgIpc) is 2.39. The molecule has 1 aromatic rings. The maximum atomic E-state index is 12.2. The summed E-state index contributed by atoms with van der Waals surface area (Å²) in [7, 11) is 1.85. The summed E-state index contributed by atoms with van der Waals surface area (Å²) in [6, 6.07) is 7.64. The first-order chi connectivity index (χ1) is 8.66. The lowest BCUT2D eigenvalue weighted by atomic mass is 10.0. The van der Waals surface area contributed by atoms with Gasteiger partial charge in [-0.3, -0.25) is 4.79 Å². The van der Waals surface area contributed by atoms with Crippen molar-refractivity contribution in [2.24, 2.45) is 0 Å². The molecule has 0 saturated carbocycles. The molecule has 1 fully saturated rings. The molecule has 1 heterocycles. The number of hydrogen-bond acceptors (Lipinski definition) is 2. The number of piperidine rings is 1. The van der Waals surface area contributed by atoms with E-state index in [1.165, 1.54) is 6.42 Å². The number of halogens is 1. The smallest absolute Gasteiger partial charge is 0.239 e. The van der Waals surface area contributed by atoms with E-state index in [1.54, 1.807) is 4.90 Å². The van der Waals surface area contributed by atoms with Crippen LogP contribution in [0.25, 0.3) is 0 Å². The van der Waals surface area contributed by atoms with Crippen LogP contribution in [0.4, 0.5) is 0 Å². The van der Waals surface area contributed by atoms with Crippen molar-refractivity contribution in [3.05, 3.63) is 34.9 Å². The Kier molecular flexibility index (Phi) is 4.61. The second-order valence-corrected chi connectivity index (χ2v) is 5.26. The van der Waals surface area contributed by atoms with Gasteiger partial charge in [-0.15, -0.1) is 0 Å². The fraction of sp³-hybridized carbons (Fsp3) is 0.500. The second kappa shape index (κ2) is 6.21. The Bertz CT molecular complexity index is 416. The Morgan fingerprint density at radius 1 is 1.50 bits per heavy atom. The lowest BCUT2D eigenvalue weighted by molar-refractivity contribution is -0.133. The van der Waals surface area contributed by atoms with E-state index < -0.39 is 0 Å². The molecule has 1 aliphatic rings. The molecule has 0 aromatic heterocycles. The summed E-state index contributed by atoms with van der Waals surface area (Å²) in [4.78, 5) is 14.0. The van der Waals surface area contributed by atoms with Gasteiger partial charge in [-0.2, -0.15) is 0 Å². The van der Waals surface area contributed by atoms with Crippen LogP contribution in [0.2, 0.25) is 5.02 Å². The van der Waals surface area contributed by atoms with Gasteiger partial charge in [0.05, 0.1) is 6.04 Å². The Balaban J connectivity index is 1.94. The molecule has 18 heavy (non-hydrogen) atoms. The number of nitrogens with one attached hydrogen (secondary N) is 1. The van der Waals surface area contributed by atoms with E-state index in [2.05, 4.69) is 5.32 Å². The zero-order valence-corrected chi connectivity index (χ0v) is 11.4. The van der Waals surface area contributed by atoms with Crippen LogP contribution in [0, 0.1) is 0 Å². The van der Waals surface area contributed by atoms with Gasteiger partial charge in [0.2, 0.25) is 5.91 Å². The van der Waals surface area contributed by atoms with Crippen molar-refractivity contribution < 1.29 is 4.79 Å². The molecule has 1 amide bonds. The van der Waals surface area contributed by atoms with Crippen LogP contribution >= 0.6 is 11.6 Å². The van der Waals surface area contributed by atoms with Crippen molar-refractivity contribution in [2.45, 2.75) is 31.8 Å². The Hall–Kier alpha value is -1.06. The highest BCUT2D eigenvalue weighted by atomic mass is 35.5. The summed E-state index contributed by atoms with van der Waals surface area (Å²) < 4.78 is 0. The topological polar surface area (TPSA) is 32.3 Å². The van der Waals surface area contributed by atoms with E-state index in [1.807, 2.05) is 31.3 Å². The number of likely N-dealkylation sites (N-methyl/N-ethyl adjacent to an activating group) is 1. The first kappa shape index (κ1) is 13.4. The molecule has 1 unspecified atom stereocenters. The van der Waals surface area contributed by atoms with Crippen molar-refractivity contribution in [1.29, 1.82) is 0 Å². The fourth-order valence-corrected chi connectivity index (χ4v) is 2.53. The largest absolute Gasteiger partial charge is 0.340 e. The average molecular weight is 267 g/mol. The molecule has 3 nitrogen and oxygen atoms in total. The van der Waals surface area contributed by atoms with Gasteiger partial charge in [-0.1, -0.05) is 30.2 Å². The van der Waals surface area contributed by atoms with Crippen molar-refractivity contribution >= 4 is 17.5 Å². The molecule has 0 bridgehead atoms. The molecular formula is C14H19ClN2O. The van der Waals surface area contributed by atoms with Gasteiger partial charge < -0.3 is 10.2 Å². The lowest BCUT2D eigenvalue weighted by Gasteiger charge is -2.27. The number of amides is 1. The zero-order chi connectivity index (χ0) is 13.0. The first-order valence-corrected chi connectivity index (χ1v) is 6.77. The van der Waals surface area contributed by atoms with Gasteiger partial charge in [-0.25, -0.2) is 0 Å². The Morgan fingerprint density at radius 2 is 2.33 bits per heavy atom. The Morgan fingerprint density at radius 3 is 3.00 bits per heavy atom. The molecule has 1 atom stereocenters. The van der Waals surface area contributed by atoms with Crippen LogP contribution in [0.15, 0.2) is 24.3 Å². The highest BCUT2D eigenvalue weighted by Gasteiger charge is 2.23. The highest BCUT2D eigenvalue weighted by Crippen LogP contribution is 2.14. The van der Waals surface area contributed by atoms with E-state index in [4.69, 9.17) is 11.6 Å². The van der Waals surface area contributed by atoms with E-state index in [-0.39, 0.29) is 11.9 Å². The third-order valence-electron chi connectivity index (χ3n) is 3.29. The van der Waals surface area contributed by atoms with Crippen LogP contribution in [-0.2, 0) is 11.3 Å². The summed E-state index contributed by atoms with van der Waals surface area (Å²) in [6.45, 7) is 1.55. The van der Waals surface area contributed by atoms with Gasteiger partial charge in [-0.05, 0) is 37.1 Å². The van der Waals surface area contributed by atoms with Crippen LogP contribution in [0.3, 0.4) is 0 Å². The summed E-state index contributed by atoms with van der Waals surface area (Å²) in [6.07, 6.45) is 3.24. The minimum atomic E-state index is -0.0112. The molecule has 1 aromatic carbocycles. The van der Waals surface area contributed by atoms with Gasteiger partial charge in [0.1, 0.15) is 0 Å². The van der Waals surface area contributed by atoms with Gasteiger partial charge >= 0.3 is 0 Å². The summed E-state index contributed by atoms with van der Waals surface area (Å²) in [5.41, 5.74) is 1.06. The van der Waals surface area contributed by atoms with Crippen molar-refractivity contribution in [3.8, 4) is 0 Å². The molecule has 0 aliphatic carbocycles. The predicted octanol–water partition coefficient (Wildman–Crippen LogP) is 2.44. The van der Waals surface area contributed by atoms with E-state index >= 15 is 0 Å². The fourth-order valence-electron chi connectivity index (χ4n) is 2.32. The summed E-state index contributed by atoms with van der Waals surface area (Å²) in [5.74, 6) is 0.176. The van der Waals surface area contributed by atoms with E-state index in [9.17, 15) is 4.79 Å². The minimum absolute atomic E-state index is 0.0112. The van der Waals surface area contributed by atoms with Gasteiger partial charge in [0.15, 0.2) is 0 Å². The number of carbonyl (C=O) groups excluding carboxylic acids is 1. The Labute approximate surface area is 113 Å². The zero-order valence-electron chi connectivity index (χ0n) is 10.7. The van der Waals surface area contributed by atoms with Crippen molar-refractivity contribution in [2.75, 3.05) is 13.6 Å². The third-order valence-corrected chi connectivity index (χ3v) is 3.53. The SMILES string of the molecule is CN(Cc1cccc(Cl)c1)C(=O)C1CCCCN1. The number of carbonyl (C=O) groups is 1. The number of rotatable bonds is 3. The number of hydrogen-bond donors (Lipinski definition) is 1. The monoisotopic (exact) mass is 266 g/mol. The quantitative estimate of drug-likeness (QED) is 0.911.